The van der Waals surface area contributed by atoms with Crippen LogP contribution in [0.5, 0.6) is 0 Å². The fourth-order valence-electron chi connectivity index (χ4n) is 4.26. The minimum absolute atomic E-state index is 0.367. The van der Waals surface area contributed by atoms with Crippen molar-refractivity contribution in [1.29, 1.82) is 0 Å². The van der Waals surface area contributed by atoms with E-state index in [2.05, 4.69) is 6.92 Å². The van der Waals surface area contributed by atoms with Gasteiger partial charge in [-0.2, -0.15) is 0 Å². The van der Waals surface area contributed by atoms with E-state index in [1.165, 1.54) is 64.2 Å². The number of hydrogen-bond donors (Lipinski definition) is 0. The molecule has 0 aromatic rings. The Balaban J connectivity index is 2.71. The first-order valence-corrected chi connectivity index (χ1v) is 10.7. The van der Waals surface area contributed by atoms with E-state index in [0.717, 1.165) is 6.42 Å². The zero-order valence-electron chi connectivity index (χ0n) is 16.8. The van der Waals surface area contributed by atoms with Crippen LogP contribution in [0.15, 0.2) is 0 Å². The minimum Gasteiger partial charge on any atom is -0.328 e. The summed E-state index contributed by atoms with van der Waals surface area (Å²) in [7, 11) is 0. The average molecular weight is 343 g/mol. The summed E-state index contributed by atoms with van der Waals surface area (Å²) in [6, 6.07) is 0. The van der Waals surface area contributed by atoms with E-state index in [1.54, 1.807) is 0 Å². The maximum absolute atomic E-state index is 6.14. The normalized spacial score (nSPS) is 17.5. The lowest BCUT2D eigenvalue weighted by Gasteiger charge is -2.42. The first-order valence-electron chi connectivity index (χ1n) is 10.7. The molecule has 24 heavy (non-hydrogen) atoms. The average Bonchev–Trinajstić information content (AvgIpc) is 3.09. The number of unbranched alkanes of at least 4 members (excludes halogenated alkanes) is 5. The molecule has 1 unspecified atom stereocenters. The monoisotopic (exact) mass is 342 g/mol. The lowest BCUT2D eigenvalue weighted by Crippen LogP contribution is -2.49. The quantitative estimate of drug-likeness (QED) is 0.258. The molecule has 0 aromatic heterocycles. The largest absolute Gasteiger partial charge is 0.328 e. The second-order valence-corrected chi connectivity index (χ2v) is 7.11. The maximum atomic E-state index is 6.14. The molecule has 0 saturated heterocycles. The fourth-order valence-corrected chi connectivity index (χ4v) is 4.26. The van der Waals surface area contributed by atoms with E-state index in [1.807, 2.05) is 20.8 Å². The standard InChI is InChI=1S/C21H42O3/c1-5-9-10-11-12-13-18-20(19-16-14-15-17-19)21(22-6-2,23-7-3)24-8-4/h19-20H,5-18H2,1-4H3. The predicted molar refractivity (Wildman–Crippen MR) is 101 cm³/mol. The molecule has 0 amide bonds. The van der Waals surface area contributed by atoms with Crippen molar-refractivity contribution < 1.29 is 14.2 Å². The summed E-state index contributed by atoms with van der Waals surface area (Å²) >= 11 is 0. The summed E-state index contributed by atoms with van der Waals surface area (Å²) < 4.78 is 18.4. The first-order chi connectivity index (χ1) is 11.7. The Morgan fingerprint density at radius 3 is 1.75 bits per heavy atom. The predicted octanol–water partition coefficient (Wildman–Crippen LogP) is 6.31. The van der Waals surface area contributed by atoms with Gasteiger partial charge in [-0.05, 0) is 46.0 Å². The molecular weight excluding hydrogens is 300 g/mol. The number of ether oxygens (including phenoxy) is 3. The van der Waals surface area contributed by atoms with Crippen molar-refractivity contribution in [2.75, 3.05) is 19.8 Å². The molecular formula is C21H42O3. The fraction of sp³-hybridized carbons (Fsp3) is 1.00. The Hall–Kier alpha value is -0.120. The van der Waals surface area contributed by atoms with Crippen LogP contribution in [0.4, 0.5) is 0 Å². The zero-order chi connectivity index (χ0) is 17.7. The Labute approximate surface area is 150 Å². The van der Waals surface area contributed by atoms with Crippen LogP contribution < -0.4 is 0 Å². The van der Waals surface area contributed by atoms with Crippen molar-refractivity contribution in [3.05, 3.63) is 0 Å². The smallest absolute Gasteiger partial charge is 0.286 e. The van der Waals surface area contributed by atoms with Gasteiger partial charge in [-0.25, -0.2) is 0 Å². The van der Waals surface area contributed by atoms with Gasteiger partial charge in [0.1, 0.15) is 0 Å². The summed E-state index contributed by atoms with van der Waals surface area (Å²) in [4.78, 5) is 0. The molecule has 3 nitrogen and oxygen atoms in total. The van der Waals surface area contributed by atoms with Crippen molar-refractivity contribution >= 4 is 0 Å². The SMILES string of the molecule is CCCCCCCCC(C1CCCC1)C(OCC)(OCC)OCC. The molecule has 1 aliphatic carbocycles. The van der Waals surface area contributed by atoms with Crippen LogP contribution in [0.1, 0.15) is 98.3 Å². The second kappa shape index (κ2) is 13.1. The second-order valence-electron chi connectivity index (χ2n) is 7.11. The van der Waals surface area contributed by atoms with Crippen LogP contribution in [0.3, 0.4) is 0 Å². The van der Waals surface area contributed by atoms with Gasteiger partial charge in [-0.3, -0.25) is 0 Å². The molecule has 3 heteroatoms. The highest BCUT2D eigenvalue weighted by atomic mass is 16.9. The lowest BCUT2D eigenvalue weighted by molar-refractivity contribution is -0.408. The van der Waals surface area contributed by atoms with E-state index in [9.17, 15) is 0 Å². The van der Waals surface area contributed by atoms with Crippen LogP contribution in [0, 0.1) is 11.8 Å². The van der Waals surface area contributed by atoms with Gasteiger partial charge in [0.25, 0.3) is 5.97 Å². The van der Waals surface area contributed by atoms with E-state index in [4.69, 9.17) is 14.2 Å². The van der Waals surface area contributed by atoms with Gasteiger partial charge in [0.15, 0.2) is 0 Å². The summed E-state index contributed by atoms with van der Waals surface area (Å²) in [6.07, 6.45) is 14.5. The van der Waals surface area contributed by atoms with Crippen molar-refractivity contribution in [3.8, 4) is 0 Å². The van der Waals surface area contributed by atoms with Gasteiger partial charge in [0.2, 0.25) is 0 Å². The topological polar surface area (TPSA) is 27.7 Å². The van der Waals surface area contributed by atoms with Crippen LogP contribution in [-0.4, -0.2) is 25.8 Å². The van der Waals surface area contributed by atoms with Gasteiger partial charge >= 0.3 is 0 Å². The van der Waals surface area contributed by atoms with Crippen LogP contribution in [0.2, 0.25) is 0 Å². The van der Waals surface area contributed by atoms with Gasteiger partial charge < -0.3 is 14.2 Å². The Kier molecular flexibility index (Phi) is 12.0. The van der Waals surface area contributed by atoms with Crippen molar-refractivity contribution in [2.45, 2.75) is 104 Å². The first kappa shape index (κ1) is 21.9. The van der Waals surface area contributed by atoms with Gasteiger partial charge in [-0.15, -0.1) is 0 Å². The van der Waals surface area contributed by atoms with Crippen LogP contribution in [0.25, 0.3) is 0 Å². The molecule has 1 fully saturated rings. The molecule has 1 saturated carbocycles. The summed E-state index contributed by atoms with van der Waals surface area (Å²) in [5.41, 5.74) is 0. The zero-order valence-corrected chi connectivity index (χ0v) is 16.8. The molecule has 0 heterocycles. The summed E-state index contributed by atoms with van der Waals surface area (Å²) in [5, 5.41) is 0. The molecule has 0 bridgehead atoms. The van der Waals surface area contributed by atoms with Crippen molar-refractivity contribution in [2.24, 2.45) is 11.8 Å². The molecule has 1 atom stereocenters. The molecule has 0 N–H and O–H groups in total. The van der Waals surface area contributed by atoms with Crippen molar-refractivity contribution in [3.63, 3.8) is 0 Å². The highest BCUT2D eigenvalue weighted by molar-refractivity contribution is 4.83. The molecule has 0 aromatic carbocycles. The summed E-state index contributed by atoms with van der Waals surface area (Å²) in [5.74, 6) is 0.229. The van der Waals surface area contributed by atoms with E-state index >= 15 is 0 Å². The Morgan fingerprint density at radius 2 is 1.25 bits per heavy atom. The van der Waals surface area contributed by atoms with Gasteiger partial charge in [0.05, 0.1) is 0 Å². The van der Waals surface area contributed by atoms with Crippen LogP contribution in [-0.2, 0) is 14.2 Å². The maximum Gasteiger partial charge on any atom is 0.286 e. The number of hydrogen-bond acceptors (Lipinski definition) is 3. The third-order valence-corrected chi connectivity index (χ3v) is 5.33. The summed E-state index contributed by atoms with van der Waals surface area (Å²) in [6.45, 7) is 10.3. The molecule has 0 radical (unpaired) electrons. The van der Waals surface area contributed by atoms with E-state index < -0.39 is 5.97 Å². The Morgan fingerprint density at radius 1 is 0.750 bits per heavy atom. The molecule has 0 spiro atoms. The van der Waals surface area contributed by atoms with E-state index in [-0.39, 0.29) is 0 Å². The van der Waals surface area contributed by atoms with Gasteiger partial charge in [0, 0.05) is 25.7 Å². The molecule has 144 valence electrons. The highest BCUT2D eigenvalue weighted by Crippen LogP contribution is 2.43. The van der Waals surface area contributed by atoms with E-state index in [0.29, 0.717) is 31.7 Å². The molecule has 1 rings (SSSR count). The molecule has 0 aliphatic heterocycles. The third kappa shape index (κ3) is 7.01. The minimum atomic E-state index is -0.823. The van der Waals surface area contributed by atoms with Crippen LogP contribution >= 0.6 is 0 Å². The highest BCUT2D eigenvalue weighted by Gasteiger charge is 2.46. The van der Waals surface area contributed by atoms with Crippen molar-refractivity contribution in [1.82, 2.24) is 0 Å². The third-order valence-electron chi connectivity index (χ3n) is 5.33. The van der Waals surface area contributed by atoms with Gasteiger partial charge in [-0.1, -0.05) is 58.3 Å². The Bertz CT molecular complexity index is 270. The lowest BCUT2D eigenvalue weighted by atomic mass is 9.84. The number of rotatable bonds is 15. The molecule has 1 aliphatic rings.